The maximum atomic E-state index is 12.5. The topological polar surface area (TPSA) is 127 Å². The Morgan fingerprint density at radius 1 is 1.00 bits per heavy atom. The Morgan fingerprint density at radius 3 is 2.33 bits per heavy atom. The van der Waals surface area contributed by atoms with E-state index < -0.39 is 29.6 Å². The van der Waals surface area contributed by atoms with Crippen molar-refractivity contribution in [2.24, 2.45) is 0 Å². The van der Waals surface area contributed by atoms with Crippen molar-refractivity contribution in [2.75, 3.05) is 18.0 Å². The average Bonchev–Trinajstić information content (AvgIpc) is 2.72. The van der Waals surface area contributed by atoms with Gasteiger partial charge < -0.3 is 25.5 Å². The number of benzene rings is 2. The second-order valence-electron chi connectivity index (χ2n) is 7.28. The van der Waals surface area contributed by atoms with Crippen LogP contribution in [0.5, 0.6) is 5.75 Å². The summed E-state index contributed by atoms with van der Waals surface area (Å²) >= 11 is 0. The number of nitrogens with one attached hydrogen (secondary N) is 1. The van der Waals surface area contributed by atoms with Gasteiger partial charge in [0.15, 0.2) is 6.04 Å². The molecule has 8 heteroatoms. The normalized spacial score (nSPS) is 14.7. The number of aromatic hydroxyl groups is 1. The number of anilines is 1. The summed E-state index contributed by atoms with van der Waals surface area (Å²) in [6.07, 6.45) is 3.02. The van der Waals surface area contributed by atoms with Crippen LogP contribution >= 0.6 is 0 Å². The molecular formula is C22H24N2O6. The molecule has 1 aliphatic rings. The van der Waals surface area contributed by atoms with E-state index in [4.69, 9.17) is 5.11 Å². The highest BCUT2D eigenvalue weighted by atomic mass is 16.4. The van der Waals surface area contributed by atoms with Gasteiger partial charge in [0.25, 0.3) is 0 Å². The van der Waals surface area contributed by atoms with Crippen molar-refractivity contribution in [1.29, 1.82) is 0 Å². The first-order chi connectivity index (χ1) is 14.4. The molecule has 1 amide bonds. The minimum absolute atomic E-state index is 0.191. The zero-order valence-electron chi connectivity index (χ0n) is 16.4. The van der Waals surface area contributed by atoms with E-state index in [1.807, 2.05) is 12.1 Å². The Morgan fingerprint density at radius 2 is 1.70 bits per heavy atom. The summed E-state index contributed by atoms with van der Waals surface area (Å²) in [6, 6.07) is 9.76. The summed E-state index contributed by atoms with van der Waals surface area (Å²) in [6.45, 7) is 1.68. The molecule has 1 saturated heterocycles. The predicted octanol–water partition coefficient (Wildman–Crippen LogP) is 2.57. The van der Waals surface area contributed by atoms with E-state index in [2.05, 4.69) is 10.2 Å². The van der Waals surface area contributed by atoms with E-state index in [0.29, 0.717) is 11.1 Å². The molecule has 0 saturated carbocycles. The number of carboxylic acid groups (broad SMARTS) is 2. The first-order valence-corrected chi connectivity index (χ1v) is 9.78. The van der Waals surface area contributed by atoms with E-state index in [1.54, 1.807) is 12.1 Å². The fourth-order valence-corrected chi connectivity index (χ4v) is 3.69. The molecule has 0 bridgehead atoms. The Hall–Kier alpha value is -3.55. The van der Waals surface area contributed by atoms with Crippen LogP contribution in [0.3, 0.4) is 0 Å². The van der Waals surface area contributed by atoms with E-state index in [9.17, 15) is 24.6 Å². The van der Waals surface area contributed by atoms with E-state index >= 15 is 0 Å². The number of rotatable bonds is 7. The van der Waals surface area contributed by atoms with Crippen molar-refractivity contribution in [3.05, 3.63) is 59.2 Å². The number of nitrogens with zero attached hydrogens (tertiary/aromatic N) is 1. The SMILES string of the molecule is O=C(Cc1ccc(C(=O)O)c(O)c1)NC(C(=O)O)c1ccccc1N1CCCCC1. The number of carbonyl (C=O) groups is 3. The second kappa shape index (κ2) is 9.30. The molecule has 0 aromatic heterocycles. The van der Waals surface area contributed by atoms with Gasteiger partial charge >= 0.3 is 11.9 Å². The van der Waals surface area contributed by atoms with Gasteiger partial charge in [-0.15, -0.1) is 0 Å². The molecule has 2 aromatic carbocycles. The van der Waals surface area contributed by atoms with Crippen LogP contribution in [-0.2, 0) is 16.0 Å². The smallest absolute Gasteiger partial charge is 0.339 e. The molecule has 158 valence electrons. The summed E-state index contributed by atoms with van der Waals surface area (Å²) in [4.78, 5) is 37.6. The highest BCUT2D eigenvalue weighted by Gasteiger charge is 2.27. The standard InChI is InChI=1S/C22H24N2O6/c25-18-12-14(8-9-16(18)21(27)28)13-19(26)23-20(22(29)30)15-6-2-3-7-17(15)24-10-4-1-5-11-24/h2-3,6-9,12,20,25H,1,4-5,10-11,13H2,(H,23,26)(H,27,28)(H,29,30). The summed E-state index contributed by atoms with van der Waals surface area (Å²) in [5, 5.41) is 31.1. The summed E-state index contributed by atoms with van der Waals surface area (Å²) in [5.74, 6) is -3.43. The fraction of sp³-hybridized carbons (Fsp3) is 0.318. The molecule has 0 radical (unpaired) electrons. The van der Waals surface area contributed by atoms with Crippen LogP contribution in [0.2, 0.25) is 0 Å². The summed E-state index contributed by atoms with van der Waals surface area (Å²) in [7, 11) is 0. The van der Waals surface area contributed by atoms with Gasteiger partial charge in [-0.1, -0.05) is 24.3 Å². The quantitative estimate of drug-likeness (QED) is 0.550. The van der Waals surface area contributed by atoms with Crippen LogP contribution in [0.25, 0.3) is 0 Å². The van der Waals surface area contributed by atoms with Crippen LogP contribution < -0.4 is 10.2 Å². The third-order valence-electron chi connectivity index (χ3n) is 5.15. The first kappa shape index (κ1) is 21.2. The van der Waals surface area contributed by atoms with Crippen molar-refractivity contribution in [2.45, 2.75) is 31.7 Å². The molecule has 0 spiro atoms. The van der Waals surface area contributed by atoms with Crippen molar-refractivity contribution < 1.29 is 29.7 Å². The molecule has 1 heterocycles. The number of phenols is 1. The zero-order chi connectivity index (χ0) is 21.7. The van der Waals surface area contributed by atoms with Gasteiger partial charge in [0, 0.05) is 24.3 Å². The predicted molar refractivity (Wildman–Crippen MR) is 110 cm³/mol. The number of hydrogen-bond acceptors (Lipinski definition) is 5. The monoisotopic (exact) mass is 412 g/mol. The van der Waals surface area contributed by atoms with Crippen molar-refractivity contribution in [3.63, 3.8) is 0 Å². The highest BCUT2D eigenvalue weighted by Crippen LogP contribution is 2.29. The van der Waals surface area contributed by atoms with Crippen molar-refractivity contribution >= 4 is 23.5 Å². The molecule has 1 atom stereocenters. The number of hydrogen-bond donors (Lipinski definition) is 4. The molecule has 1 fully saturated rings. The lowest BCUT2D eigenvalue weighted by molar-refractivity contribution is -0.141. The third-order valence-corrected chi connectivity index (χ3v) is 5.15. The molecule has 0 aliphatic carbocycles. The van der Waals surface area contributed by atoms with Crippen LogP contribution in [-0.4, -0.2) is 46.3 Å². The lowest BCUT2D eigenvalue weighted by Crippen LogP contribution is -2.37. The van der Waals surface area contributed by atoms with Gasteiger partial charge in [-0.25, -0.2) is 9.59 Å². The lowest BCUT2D eigenvalue weighted by atomic mass is 10.0. The number of amides is 1. The number of piperidine rings is 1. The molecule has 2 aromatic rings. The largest absolute Gasteiger partial charge is 0.507 e. The highest BCUT2D eigenvalue weighted by molar-refractivity contribution is 5.91. The third kappa shape index (κ3) is 4.89. The van der Waals surface area contributed by atoms with Gasteiger partial charge in [-0.3, -0.25) is 4.79 Å². The second-order valence-corrected chi connectivity index (χ2v) is 7.28. The maximum Gasteiger partial charge on any atom is 0.339 e. The minimum Gasteiger partial charge on any atom is -0.507 e. The van der Waals surface area contributed by atoms with E-state index in [1.165, 1.54) is 18.2 Å². The van der Waals surface area contributed by atoms with Crippen LogP contribution in [0.4, 0.5) is 5.69 Å². The number of carbonyl (C=O) groups excluding carboxylic acids is 1. The van der Waals surface area contributed by atoms with Gasteiger partial charge in [0.05, 0.1) is 6.42 Å². The summed E-state index contributed by atoms with van der Waals surface area (Å²) < 4.78 is 0. The molecule has 3 rings (SSSR count). The summed E-state index contributed by atoms with van der Waals surface area (Å²) in [5.41, 5.74) is 1.43. The molecule has 1 aliphatic heterocycles. The first-order valence-electron chi connectivity index (χ1n) is 9.78. The van der Waals surface area contributed by atoms with Crippen LogP contribution in [0, 0.1) is 0 Å². The molecular weight excluding hydrogens is 388 g/mol. The van der Waals surface area contributed by atoms with E-state index in [-0.39, 0.29) is 12.0 Å². The molecule has 8 nitrogen and oxygen atoms in total. The van der Waals surface area contributed by atoms with Crippen LogP contribution in [0.1, 0.15) is 46.8 Å². The van der Waals surface area contributed by atoms with Crippen LogP contribution in [0.15, 0.2) is 42.5 Å². The van der Waals surface area contributed by atoms with Crippen molar-refractivity contribution in [3.8, 4) is 5.75 Å². The van der Waals surface area contributed by atoms with Gasteiger partial charge in [0.1, 0.15) is 11.3 Å². The fourth-order valence-electron chi connectivity index (χ4n) is 3.69. The number of carboxylic acids is 2. The Labute approximate surface area is 173 Å². The maximum absolute atomic E-state index is 12.5. The Balaban J connectivity index is 1.78. The lowest BCUT2D eigenvalue weighted by Gasteiger charge is -2.32. The molecule has 4 N–H and O–H groups in total. The van der Waals surface area contributed by atoms with Crippen molar-refractivity contribution in [1.82, 2.24) is 5.32 Å². The Bertz CT molecular complexity index is 952. The zero-order valence-corrected chi connectivity index (χ0v) is 16.4. The average molecular weight is 412 g/mol. The van der Waals surface area contributed by atoms with E-state index in [0.717, 1.165) is 38.0 Å². The van der Waals surface area contributed by atoms with Gasteiger partial charge in [0.2, 0.25) is 5.91 Å². The molecule has 30 heavy (non-hydrogen) atoms. The minimum atomic E-state index is -1.27. The number of para-hydroxylation sites is 1. The number of aliphatic carboxylic acids is 1. The van der Waals surface area contributed by atoms with Gasteiger partial charge in [-0.05, 0) is 43.0 Å². The Kier molecular flexibility index (Phi) is 6.56. The van der Waals surface area contributed by atoms with Gasteiger partial charge in [-0.2, -0.15) is 0 Å². The molecule has 1 unspecified atom stereocenters. The number of aromatic carboxylic acids is 1.